The molecule has 0 radical (unpaired) electrons. The first-order valence-electron chi connectivity index (χ1n) is 6.83. The Hall–Kier alpha value is -0.900. The number of ketones is 1. The van der Waals surface area contributed by atoms with Gasteiger partial charge in [0, 0.05) is 6.42 Å². The molecule has 0 aliphatic rings. The molecule has 0 spiro atoms. The quantitative estimate of drug-likeness (QED) is 0.653. The Morgan fingerprint density at radius 3 is 2.33 bits per heavy atom. The zero-order valence-electron chi connectivity index (χ0n) is 12.1. The molecule has 1 atom stereocenters. The van der Waals surface area contributed by atoms with E-state index in [2.05, 4.69) is 13.8 Å². The number of hydrogen-bond acceptors (Lipinski definition) is 3. The highest BCUT2D eigenvalue weighted by molar-refractivity contribution is 5.87. The molecule has 0 amide bonds. The van der Waals surface area contributed by atoms with Gasteiger partial charge in [-0.2, -0.15) is 0 Å². The minimum Gasteiger partial charge on any atom is -0.481 e. The van der Waals surface area contributed by atoms with Gasteiger partial charge in [0.25, 0.3) is 0 Å². The number of hydrogen-bond donors (Lipinski definition) is 1. The van der Waals surface area contributed by atoms with Gasteiger partial charge in [-0.15, -0.1) is 0 Å². The van der Waals surface area contributed by atoms with Crippen molar-refractivity contribution in [2.24, 2.45) is 5.92 Å². The predicted octanol–water partition coefficient (Wildman–Crippen LogP) is 2.57. The van der Waals surface area contributed by atoms with Crippen LogP contribution < -0.4 is 0 Å². The number of nitrogens with zero attached hydrogens (tertiary/aromatic N) is 1. The number of carbonyl (C=O) groups is 2. The summed E-state index contributed by atoms with van der Waals surface area (Å²) in [4.78, 5) is 24.8. The van der Waals surface area contributed by atoms with Crippen LogP contribution in [0.5, 0.6) is 0 Å². The van der Waals surface area contributed by atoms with Gasteiger partial charge in [-0.05, 0) is 32.4 Å². The SMILES string of the molecule is CCCN(C)C(CC(=O)O)C(=O)CCCC(C)C. The summed E-state index contributed by atoms with van der Waals surface area (Å²) in [5.74, 6) is -0.252. The Kier molecular flexibility index (Phi) is 8.63. The molecule has 0 saturated carbocycles. The summed E-state index contributed by atoms with van der Waals surface area (Å²) in [7, 11) is 1.83. The number of rotatable bonds is 10. The van der Waals surface area contributed by atoms with E-state index in [-0.39, 0.29) is 12.2 Å². The topological polar surface area (TPSA) is 57.6 Å². The Bertz CT molecular complexity index is 264. The Balaban J connectivity index is 4.35. The molecule has 4 heteroatoms. The fourth-order valence-electron chi connectivity index (χ4n) is 2.04. The maximum Gasteiger partial charge on any atom is 0.305 e. The van der Waals surface area contributed by atoms with Gasteiger partial charge in [0.2, 0.25) is 0 Å². The fourth-order valence-corrected chi connectivity index (χ4v) is 2.04. The van der Waals surface area contributed by atoms with Gasteiger partial charge in [-0.3, -0.25) is 14.5 Å². The number of aliphatic carboxylic acids is 1. The van der Waals surface area contributed by atoms with Crippen molar-refractivity contribution >= 4 is 11.8 Å². The van der Waals surface area contributed by atoms with E-state index in [1.807, 2.05) is 18.9 Å². The van der Waals surface area contributed by atoms with Crippen LogP contribution in [-0.4, -0.2) is 41.4 Å². The van der Waals surface area contributed by atoms with E-state index >= 15 is 0 Å². The van der Waals surface area contributed by atoms with Gasteiger partial charge < -0.3 is 5.11 Å². The second kappa shape index (κ2) is 9.09. The van der Waals surface area contributed by atoms with Crippen LogP contribution in [0.1, 0.15) is 52.9 Å². The molecule has 0 rings (SSSR count). The lowest BCUT2D eigenvalue weighted by atomic mass is 9.99. The molecular weight excluding hydrogens is 230 g/mol. The van der Waals surface area contributed by atoms with E-state index in [0.717, 1.165) is 25.8 Å². The van der Waals surface area contributed by atoms with Crippen LogP contribution >= 0.6 is 0 Å². The Morgan fingerprint density at radius 2 is 1.89 bits per heavy atom. The lowest BCUT2D eigenvalue weighted by Gasteiger charge is -2.25. The summed E-state index contributed by atoms with van der Waals surface area (Å²) < 4.78 is 0. The molecule has 0 aromatic carbocycles. The van der Waals surface area contributed by atoms with Crippen LogP contribution in [0.25, 0.3) is 0 Å². The maximum absolute atomic E-state index is 12.1. The van der Waals surface area contributed by atoms with Crippen LogP contribution in [0.2, 0.25) is 0 Å². The molecule has 0 aromatic rings. The smallest absolute Gasteiger partial charge is 0.305 e. The second-order valence-electron chi connectivity index (χ2n) is 5.35. The molecule has 1 unspecified atom stereocenters. The average Bonchev–Trinajstić information content (AvgIpc) is 2.25. The van der Waals surface area contributed by atoms with E-state index in [1.165, 1.54) is 0 Å². The van der Waals surface area contributed by atoms with Crippen LogP contribution in [0, 0.1) is 5.92 Å². The minimum absolute atomic E-state index is 0.0639. The van der Waals surface area contributed by atoms with Crippen LogP contribution in [0.3, 0.4) is 0 Å². The van der Waals surface area contributed by atoms with E-state index in [9.17, 15) is 9.59 Å². The molecule has 0 aromatic heterocycles. The van der Waals surface area contributed by atoms with E-state index < -0.39 is 12.0 Å². The Labute approximate surface area is 110 Å². The maximum atomic E-state index is 12.1. The lowest BCUT2D eigenvalue weighted by molar-refractivity contribution is -0.141. The number of carboxylic acids is 1. The van der Waals surface area contributed by atoms with Crippen molar-refractivity contribution in [3.63, 3.8) is 0 Å². The fraction of sp³-hybridized carbons (Fsp3) is 0.857. The van der Waals surface area contributed by atoms with Crippen molar-refractivity contribution in [2.75, 3.05) is 13.6 Å². The van der Waals surface area contributed by atoms with E-state index in [4.69, 9.17) is 5.11 Å². The minimum atomic E-state index is -0.903. The monoisotopic (exact) mass is 257 g/mol. The van der Waals surface area contributed by atoms with Crippen molar-refractivity contribution in [3.05, 3.63) is 0 Å². The molecule has 0 bridgehead atoms. The first-order valence-corrected chi connectivity index (χ1v) is 6.83. The number of carbonyl (C=O) groups excluding carboxylic acids is 1. The number of likely N-dealkylation sites (N-methyl/N-ethyl adjacent to an activating group) is 1. The van der Waals surface area contributed by atoms with Crippen molar-refractivity contribution < 1.29 is 14.7 Å². The largest absolute Gasteiger partial charge is 0.481 e. The third-order valence-electron chi connectivity index (χ3n) is 3.05. The van der Waals surface area contributed by atoms with Crippen molar-refractivity contribution in [1.29, 1.82) is 0 Å². The first-order chi connectivity index (χ1) is 8.38. The third kappa shape index (κ3) is 7.43. The molecule has 0 heterocycles. The standard InChI is InChI=1S/C14H27NO3/c1-5-9-15(4)12(10-14(17)18)13(16)8-6-7-11(2)3/h11-12H,5-10H2,1-4H3,(H,17,18). The van der Waals surface area contributed by atoms with Gasteiger partial charge >= 0.3 is 5.97 Å². The highest BCUT2D eigenvalue weighted by Gasteiger charge is 2.24. The van der Waals surface area contributed by atoms with E-state index in [1.54, 1.807) is 0 Å². The van der Waals surface area contributed by atoms with Crippen LogP contribution in [0.15, 0.2) is 0 Å². The van der Waals surface area contributed by atoms with Crippen LogP contribution in [-0.2, 0) is 9.59 Å². The van der Waals surface area contributed by atoms with Gasteiger partial charge in [-0.25, -0.2) is 0 Å². The summed E-state index contributed by atoms with van der Waals surface area (Å²) >= 11 is 0. The zero-order chi connectivity index (χ0) is 14.1. The predicted molar refractivity (Wildman–Crippen MR) is 72.7 cm³/mol. The number of Topliss-reactive ketones (excluding diaryl/α,β-unsaturated/α-hetero) is 1. The normalized spacial score (nSPS) is 13.0. The summed E-state index contributed by atoms with van der Waals surface area (Å²) in [5, 5.41) is 8.88. The van der Waals surface area contributed by atoms with E-state index in [0.29, 0.717) is 12.3 Å². The third-order valence-corrected chi connectivity index (χ3v) is 3.05. The lowest BCUT2D eigenvalue weighted by Crippen LogP contribution is -2.40. The van der Waals surface area contributed by atoms with Crippen molar-refractivity contribution in [2.45, 2.75) is 58.9 Å². The molecule has 0 aliphatic heterocycles. The molecular formula is C14H27NO3. The molecule has 0 saturated heterocycles. The molecule has 1 N–H and O–H groups in total. The second-order valence-corrected chi connectivity index (χ2v) is 5.35. The van der Waals surface area contributed by atoms with Crippen molar-refractivity contribution in [3.8, 4) is 0 Å². The molecule has 0 fully saturated rings. The number of carboxylic acid groups (broad SMARTS) is 1. The Morgan fingerprint density at radius 1 is 1.28 bits per heavy atom. The molecule has 4 nitrogen and oxygen atoms in total. The summed E-state index contributed by atoms with van der Waals surface area (Å²) in [6, 6.07) is -0.463. The van der Waals surface area contributed by atoms with Gasteiger partial charge in [0.15, 0.2) is 5.78 Å². The molecule has 18 heavy (non-hydrogen) atoms. The molecule has 106 valence electrons. The average molecular weight is 257 g/mol. The van der Waals surface area contributed by atoms with Crippen LogP contribution in [0.4, 0.5) is 0 Å². The summed E-state index contributed by atoms with van der Waals surface area (Å²) in [6.45, 7) is 7.04. The molecule has 0 aliphatic carbocycles. The van der Waals surface area contributed by atoms with Crippen molar-refractivity contribution in [1.82, 2.24) is 4.90 Å². The zero-order valence-corrected chi connectivity index (χ0v) is 12.1. The highest BCUT2D eigenvalue weighted by atomic mass is 16.4. The highest BCUT2D eigenvalue weighted by Crippen LogP contribution is 2.12. The summed E-state index contributed by atoms with van der Waals surface area (Å²) in [6.07, 6.45) is 3.20. The summed E-state index contributed by atoms with van der Waals surface area (Å²) in [5.41, 5.74) is 0. The van der Waals surface area contributed by atoms with Gasteiger partial charge in [0.05, 0.1) is 12.5 Å². The first kappa shape index (κ1) is 17.1. The van der Waals surface area contributed by atoms with Gasteiger partial charge in [-0.1, -0.05) is 27.2 Å². The van der Waals surface area contributed by atoms with Gasteiger partial charge in [0.1, 0.15) is 0 Å².